The Hall–Kier alpha value is -1.39. The molecule has 6 heteroatoms. The molecule has 5 nitrogen and oxygen atoms in total. The molecule has 0 aliphatic rings. The summed E-state index contributed by atoms with van der Waals surface area (Å²) in [6.45, 7) is 5.14. The van der Waals surface area contributed by atoms with Crippen molar-refractivity contribution in [2.45, 2.75) is 13.8 Å². The molecule has 1 amide bonds. The first-order valence-corrected chi connectivity index (χ1v) is 6.14. The van der Waals surface area contributed by atoms with Gasteiger partial charge >= 0.3 is 17.1 Å². The Morgan fingerprint density at radius 1 is 1.15 bits per heavy atom. The van der Waals surface area contributed by atoms with Crippen molar-refractivity contribution < 1.29 is 36.1 Å². The molecule has 0 spiro atoms. The van der Waals surface area contributed by atoms with E-state index in [0.29, 0.717) is 35.9 Å². The number of methoxy groups -OCH3 is 3. The average Bonchev–Trinajstić information content (AvgIpc) is 2.46. The summed E-state index contributed by atoms with van der Waals surface area (Å²) in [6.07, 6.45) is 0. The van der Waals surface area contributed by atoms with Gasteiger partial charge in [-0.15, -0.1) is 0 Å². The molecule has 1 aromatic carbocycles. The van der Waals surface area contributed by atoms with Crippen LogP contribution >= 0.6 is 0 Å². The summed E-state index contributed by atoms with van der Waals surface area (Å²) < 4.78 is 15.6. The molecular weight excluding hydrogens is 310 g/mol. The molecule has 1 aromatic rings. The molecule has 1 rings (SSSR count). The minimum atomic E-state index is -0.107. The Bertz CT molecular complexity index is 422. The number of benzene rings is 1. The molecule has 0 saturated heterocycles. The van der Waals surface area contributed by atoms with E-state index < -0.39 is 0 Å². The van der Waals surface area contributed by atoms with Crippen LogP contribution in [0.25, 0.3) is 0 Å². The fraction of sp³-hybridized carbons (Fsp3) is 0.500. The summed E-state index contributed by atoms with van der Waals surface area (Å²) in [7, 11) is 4.53. The van der Waals surface area contributed by atoms with Crippen LogP contribution in [-0.4, -0.2) is 45.2 Å². The Morgan fingerprint density at radius 2 is 1.75 bits per heavy atom. The van der Waals surface area contributed by atoms with Gasteiger partial charge < -0.3 is 23.9 Å². The number of carbonyl (C=O) groups excluding carboxylic acids is 1. The van der Waals surface area contributed by atoms with Crippen LogP contribution in [0, 0.1) is 6.07 Å². The summed E-state index contributed by atoms with van der Waals surface area (Å²) in [4.78, 5) is 14.0. The van der Waals surface area contributed by atoms with Crippen LogP contribution in [0.15, 0.2) is 6.07 Å². The zero-order valence-corrected chi connectivity index (χ0v) is 13.3. The minimum Gasteiger partial charge on any atom is -0.533 e. The summed E-state index contributed by atoms with van der Waals surface area (Å²) in [5.74, 6) is 1.14. The van der Waals surface area contributed by atoms with Crippen LogP contribution < -0.4 is 14.2 Å². The third kappa shape index (κ3) is 3.81. The van der Waals surface area contributed by atoms with Crippen molar-refractivity contribution in [1.29, 1.82) is 0 Å². The van der Waals surface area contributed by atoms with Crippen LogP contribution in [0.2, 0.25) is 0 Å². The summed E-state index contributed by atoms with van der Waals surface area (Å²) in [5.41, 5.74) is 0.401. The van der Waals surface area contributed by atoms with Gasteiger partial charge in [-0.3, -0.25) is 0 Å². The van der Waals surface area contributed by atoms with Gasteiger partial charge in [-0.05, 0) is 13.8 Å². The molecule has 0 aliphatic heterocycles. The molecule has 0 aromatic heterocycles. The van der Waals surface area contributed by atoms with Crippen LogP contribution in [0.1, 0.15) is 24.2 Å². The molecule has 0 saturated carbocycles. The standard InChI is InChI=1S/C14H20NO4.Cu/c1-6-15(7-2)14(16)10-8-11(17-3)13(19-5)12(9-10)18-4;/h8H,6-7H2,1-5H3;/q-1;+1. The second-order valence-corrected chi connectivity index (χ2v) is 3.80. The van der Waals surface area contributed by atoms with Crippen LogP contribution in [0.3, 0.4) is 0 Å². The first-order chi connectivity index (χ1) is 9.12. The molecule has 0 atom stereocenters. The van der Waals surface area contributed by atoms with Gasteiger partial charge in [0.25, 0.3) is 0 Å². The van der Waals surface area contributed by atoms with E-state index in [0.717, 1.165) is 0 Å². The number of hydrogen-bond acceptors (Lipinski definition) is 4. The molecule has 0 radical (unpaired) electrons. The molecule has 0 bridgehead atoms. The number of rotatable bonds is 6. The van der Waals surface area contributed by atoms with Crippen molar-refractivity contribution in [3.8, 4) is 17.2 Å². The van der Waals surface area contributed by atoms with E-state index in [1.54, 1.807) is 11.0 Å². The number of hydrogen-bond donors (Lipinski definition) is 0. The monoisotopic (exact) mass is 329 g/mol. The molecule has 0 N–H and O–H groups in total. The minimum absolute atomic E-state index is 0. The molecule has 20 heavy (non-hydrogen) atoms. The largest absolute Gasteiger partial charge is 1.00 e. The Morgan fingerprint density at radius 3 is 2.15 bits per heavy atom. The normalized spacial score (nSPS) is 9.45. The molecule has 116 valence electrons. The third-order valence-corrected chi connectivity index (χ3v) is 2.86. The molecule has 0 heterocycles. The summed E-state index contributed by atoms with van der Waals surface area (Å²) in [6, 6.07) is 4.53. The van der Waals surface area contributed by atoms with Crippen molar-refractivity contribution in [2.24, 2.45) is 0 Å². The Labute approximate surface area is 130 Å². The average molecular weight is 330 g/mol. The fourth-order valence-electron chi connectivity index (χ4n) is 1.81. The van der Waals surface area contributed by atoms with Crippen molar-refractivity contribution in [1.82, 2.24) is 4.90 Å². The first-order valence-electron chi connectivity index (χ1n) is 6.14. The van der Waals surface area contributed by atoms with E-state index >= 15 is 0 Å². The smallest absolute Gasteiger partial charge is 0.533 e. The van der Waals surface area contributed by atoms with Crippen molar-refractivity contribution in [2.75, 3.05) is 34.4 Å². The van der Waals surface area contributed by atoms with Crippen molar-refractivity contribution in [3.05, 3.63) is 17.7 Å². The summed E-state index contributed by atoms with van der Waals surface area (Å²) in [5, 5.41) is 0. The Balaban J connectivity index is 0.00000361. The van der Waals surface area contributed by atoms with E-state index in [-0.39, 0.29) is 23.0 Å². The number of amides is 1. The van der Waals surface area contributed by atoms with E-state index in [2.05, 4.69) is 6.07 Å². The SMILES string of the molecule is CCN(CC)C(=O)c1[c-]c(OC)c(OC)c(OC)c1.[Cu+]. The summed E-state index contributed by atoms with van der Waals surface area (Å²) >= 11 is 0. The number of nitrogens with zero attached hydrogens (tertiary/aromatic N) is 1. The maximum absolute atomic E-state index is 12.3. The molecule has 0 fully saturated rings. The number of carbonyl (C=O) groups is 1. The molecular formula is C14H20CuNO4. The van der Waals surface area contributed by atoms with Gasteiger partial charge in [-0.1, -0.05) is 17.7 Å². The van der Waals surface area contributed by atoms with Crippen LogP contribution in [0.4, 0.5) is 0 Å². The first kappa shape index (κ1) is 18.6. The van der Waals surface area contributed by atoms with Gasteiger partial charge in [0.2, 0.25) is 0 Å². The second-order valence-electron chi connectivity index (χ2n) is 3.80. The maximum atomic E-state index is 12.3. The second kappa shape index (κ2) is 8.72. The van der Waals surface area contributed by atoms with Crippen molar-refractivity contribution in [3.63, 3.8) is 0 Å². The quantitative estimate of drug-likeness (QED) is 0.591. The third-order valence-electron chi connectivity index (χ3n) is 2.86. The zero-order valence-electron chi connectivity index (χ0n) is 12.4. The number of ether oxygens (including phenoxy) is 3. The maximum Gasteiger partial charge on any atom is 1.00 e. The van der Waals surface area contributed by atoms with E-state index in [1.807, 2.05) is 13.8 Å². The van der Waals surface area contributed by atoms with Crippen LogP contribution in [0.5, 0.6) is 17.2 Å². The van der Waals surface area contributed by atoms with Gasteiger partial charge in [0.15, 0.2) is 5.91 Å². The van der Waals surface area contributed by atoms with Crippen LogP contribution in [-0.2, 0) is 17.1 Å². The molecule has 0 unspecified atom stereocenters. The fourth-order valence-corrected chi connectivity index (χ4v) is 1.81. The van der Waals surface area contributed by atoms with E-state index in [9.17, 15) is 4.79 Å². The predicted molar refractivity (Wildman–Crippen MR) is 72.2 cm³/mol. The zero-order chi connectivity index (χ0) is 14.4. The Kier molecular flexibility index (Phi) is 8.11. The topological polar surface area (TPSA) is 48.0 Å². The predicted octanol–water partition coefficient (Wildman–Crippen LogP) is 1.99. The van der Waals surface area contributed by atoms with Gasteiger partial charge in [0.05, 0.1) is 32.8 Å². The van der Waals surface area contributed by atoms with E-state index in [1.165, 1.54) is 21.3 Å². The van der Waals surface area contributed by atoms with Gasteiger partial charge in [0, 0.05) is 13.1 Å². The van der Waals surface area contributed by atoms with Gasteiger partial charge in [-0.25, -0.2) is 0 Å². The van der Waals surface area contributed by atoms with E-state index in [4.69, 9.17) is 14.2 Å². The molecule has 0 aliphatic carbocycles. The van der Waals surface area contributed by atoms with Crippen molar-refractivity contribution >= 4 is 5.91 Å². The van der Waals surface area contributed by atoms with Gasteiger partial charge in [0.1, 0.15) is 5.75 Å². The van der Waals surface area contributed by atoms with Gasteiger partial charge in [-0.2, -0.15) is 0 Å².